The molecule has 0 amide bonds. The summed E-state index contributed by atoms with van der Waals surface area (Å²) in [5.41, 5.74) is 0.193. The molecule has 0 saturated carbocycles. The normalized spacial score (nSPS) is 19.0. The van der Waals surface area contributed by atoms with Crippen molar-refractivity contribution < 1.29 is 21.6 Å². The zero-order valence-electron chi connectivity index (χ0n) is 16.1. The molecule has 10 heteroatoms. The molecule has 0 aliphatic carbocycles. The minimum Gasteiger partial charge on any atom is -0.355 e. The summed E-state index contributed by atoms with van der Waals surface area (Å²) in [6.45, 7) is 4.04. The van der Waals surface area contributed by atoms with Crippen molar-refractivity contribution in [2.75, 3.05) is 38.2 Å². The molecule has 1 aromatic carbocycles. The van der Waals surface area contributed by atoms with Gasteiger partial charge in [-0.25, -0.2) is 8.42 Å². The second kappa shape index (κ2) is 9.60. The summed E-state index contributed by atoms with van der Waals surface area (Å²) in [6.07, 6.45) is -3.45. The van der Waals surface area contributed by atoms with Crippen LogP contribution < -0.4 is 10.6 Å². The summed E-state index contributed by atoms with van der Waals surface area (Å²) >= 11 is 0. The summed E-state index contributed by atoms with van der Waals surface area (Å²) in [6, 6.07) is 5.38. The lowest BCUT2D eigenvalue weighted by molar-refractivity contribution is -0.137. The van der Waals surface area contributed by atoms with Crippen LogP contribution in [-0.2, 0) is 22.6 Å². The molecule has 2 rings (SSSR count). The van der Waals surface area contributed by atoms with Gasteiger partial charge >= 0.3 is 6.18 Å². The average Bonchev–Trinajstić information content (AvgIpc) is 3.07. The molecule has 1 heterocycles. The predicted octanol–water partition coefficient (Wildman–Crippen LogP) is 1.88. The Kier molecular flexibility index (Phi) is 7.70. The number of aliphatic imine (C=N–C) groups is 1. The molecule has 28 heavy (non-hydrogen) atoms. The molecule has 6 nitrogen and oxygen atoms in total. The first-order chi connectivity index (χ1) is 13.1. The fourth-order valence-electron chi connectivity index (χ4n) is 3.01. The highest BCUT2D eigenvalue weighted by atomic mass is 32.2. The molecule has 158 valence electrons. The van der Waals surface area contributed by atoms with E-state index in [4.69, 9.17) is 0 Å². The van der Waals surface area contributed by atoms with E-state index in [-0.39, 0.29) is 24.1 Å². The third-order valence-corrected chi connectivity index (χ3v) is 6.38. The van der Waals surface area contributed by atoms with E-state index >= 15 is 0 Å². The van der Waals surface area contributed by atoms with Crippen molar-refractivity contribution in [2.24, 2.45) is 4.99 Å². The predicted molar refractivity (Wildman–Crippen MR) is 104 cm³/mol. The zero-order chi connectivity index (χ0) is 20.8. The van der Waals surface area contributed by atoms with Crippen molar-refractivity contribution in [1.29, 1.82) is 0 Å². The monoisotopic (exact) mass is 420 g/mol. The quantitative estimate of drug-likeness (QED) is 0.521. The van der Waals surface area contributed by atoms with Crippen LogP contribution in [0.5, 0.6) is 0 Å². The first-order valence-electron chi connectivity index (χ1n) is 9.19. The lowest BCUT2D eigenvalue weighted by Crippen LogP contribution is -2.45. The number of benzene rings is 1. The molecule has 1 fully saturated rings. The Labute approximate surface area is 164 Å². The molecular formula is C18H27F3N4O2S. The van der Waals surface area contributed by atoms with Gasteiger partial charge in [-0.3, -0.25) is 9.89 Å². The smallest absolute Gasteiger partial charge is 0.355 e. The largest absolute Gasteiger partial charge is 0.416 e. The summed E-state index contributed by atoms with van der Waals surface area (Å²) < 4.78 is 61.0. The molecule has 0 radical (unpaired) electrons. The van der Waals surface area contributed by atoms with Gasteiger partial charge in [0.1, 0.15) is 0 Å². The van der Waals surface area contributed by atoms with E-state index in [1.807, 2.05) is 0 Å². The van der Waals surface area contributed by atoms with Gasteiger partial charge in [-0.15, -0.1) is 0 Å². The number of likely N-dealkylation sites (tertiary alicyclic amines) is 1. The van der Waals surface area contributed by atoms with E-state index in [9.17, 15) is 21.6 Å². The Morgan fingerprint density at radius 2 is 1.96 bits per heavy atom. The van der Waals surface area contributed by atoms with Crippen LogP contribution in [0.4, 0.5) is 13.2 Å². The fourth-order valence-corrected chi connectivity index (χ4v) is 3.71. The Morgan fingerprint density at radius 3 is 2.54 bits per heavy atom. The lowest BCUT2D eigenvalue weighted by Gasteiger charge is -2.19. The fraction of sp³-hybridized carbons (Fsp3) is 0.611. The minimum atomic E-state index is -4.32. The first kappa shape index (κ1) is 22.5. The van der Waals surface area contributed by atoms with Gasteiger partial charge in [0.2, 0.25) is 0 Å². The number of halogens is 3. The number of alkyl halides is 3. The van der Waals surface area contributed by atoms with Crippen LogP contribution in [0.2, 0.25) is 0 Å². The van der Waals surface area contributed by atoms with Crippen LogP contribution in [0.1, 0.15) is 24.5 Å². The van der Waals surface area contributed by atoms with Crippen LogP contribution in [-0.4, -0.2) is 63.5 Å². The number of rotatable bonds is 7. The number of nitrogens with zero attached hydrogens (tertiary/aromatic N) is 2. The number of sulfone groups is 1. The van der Waals surface area contributed by atoms with Gasteiger partial charge in [0, 0.05) is 45.0 Å². The van der Waals surface area contributed by atoms with E-state index < -0.39 is 21.6 Å². The van der Waals surface area contributed by atoms with Gasteiger partial charge in [-0.05, 0) is 24.1 Å². The van der Waals surface area contributed by atoms with Crippen molar-refractivity contribution in [3.05, 3.63) is 35.4 Å². The SMILES string of the molecule is CCS(=O)(=O)CCNC(=NC)NC1CCN(Cc2ccc(C(F)(F)F)cc2)C1. The topological polar surface area (TPSA) is 73.8 Å². The van der Waals surface area contributed by atoms with E-state index in [1.54, 1.807) is 14.0 Å². The Balaban J connectivity index is 1.79. The number of hydrogen-bond donors (Lipinski definition) is 2. The Morgan fingerprint density at radius 1 is 1.29 bits per heavy atom. The highest BCUT2D eigenvalue weighted by Crippen LogP contribution is 2.29. The van der Waals surface area contributed by atoms with E-state index in [0.717, 1.165) is 37.2 Å². The summed E-state index contributed by atoms with van der Waals surface area (Å²) in [5.74, 6) is 0.713. The molecule has 0 bridgehead atoms. The third kappa shape index (κ3) is 6.97. The number of nitrogens with one attached hydrogen (secondary N) is 2. The molecule has 1 aliphatic rings. The number of hydrogen-bond acceptors (Lipinski definition) is 4. The van der Waals surface area contributed by atoms with Crippen LogP contribution in [0, 0.1) is 0 Å². The molecule has 1 unspecified atom stereocenters. The minimum absolute atomic E-state index is 0.0505. The van der Waals surface area contributed by atoms with E-state index in [1.165, 1.54) is 12.1 Å². The molecule has 1 aliphatic heterocycles. The second-order valence-electron chi connectivity index (χ2n) is 6.80. The maximum absolute atomic E-state index is 12.6. The van der Waals surface area contributed by atoms with Crippen molar-refractivity contribution >= 4 is 15.8 Å². The average molecular weight is 421 g/mol. The zero-order valence-corrected chi connectivity index (χ0v) is 16.9. The summed E-state index contributed by atoms with van der Waals surface area (Å²) in [5, 5.41) is 6.27. The maximum Gasteiger partial charge on any atom is 0.416 e. The molecule has 1 aromatic rings. The molecule has 1 saturated heterocycles. The van der Waals surface area contributed by atoms with Crippen LogP contribution in [0.3, 0.4) is 0 Å². The van der Waals surface area contributed by atoms with Gasteiger partial charge in [0.25, 0.3) is 0 Å². The highest BCUT2D eigenvalue weighted by molar-refractivity contribution is 7.91. The highest BCUT2D eigenvalue weighted by Gasteiger charge is 2.30. The lowest BCUT2D eigenvalue weighted by atomic mass is 10.1. The third-order valence-electron chi connectivity index (χ3n) is 4.67. The maximum atomic E-state index is 12.6. The van der Waals surface area contributed by atoms with E-state index in [2.05, 4.69) is 20.5 Å². The molecule has 0 aromatic heterocycles. The van der Waals surface area contributed by atoms with Crippen LogP contribution in [0.25, 0.3) is 0 Å². The van der Waals surface area contributed by atoms with Crippen molar-refractivity contribution in [2.45, 2.75) is 32.1 Å². The first-order valence-corrected chi connectivity index (χ1v) is 11.0. The second-order valence-corrected chi connectivity index (χ2v) is 9.27. The van der Waals surface area contributed by atoms with E-state index in [0.29, 0.717) is 12.5 Å². The Hall–Kier alpha value is -1.81. The van der Waals surface area contributed by atoms with Crippen LogP contribution in [0.15, 0.2) is 29.3 Å². The standard InChI is InChI=1S/C18H27F3N4O2S/c1-3-28(26,27)11-9-23-17(22-2)24-16-8-10-25(13-16)12-14-4-6-15(7-5-14)18(19,20)21/h4-7,16H,3,8-13H2,1-2H3,(H2,22,23,24). The van der Waals surface area contributed by atoms with Crippen molar-refractivity contribution in [3.8, 4) is 0 Å². The van der Waals surface area contributed by atoms with Crippen molar-refractivity contribution in [1.82, 2.24) is 15.5 Å². The molecule has 0 spiro atoms. The van der Waals surface area contributed by atoms with Gasteiger partial charge in [0.05, 0.1) is 11.3 Å². The van der Waals surface area contributed by atoms with Crippen molar-refractivity contribution in [3.63, 3.8) is 0 Å². The molecule has 2 N–H and O–H groups in total. The van der Waals surface area contributed by atoms with Crippen LogP contribution >= 0.6 is 0 Å². The van der Waals surface area contributed by atoms with Gasteiger partial charge in [-0.1, -0.05) is 19.1 Å². The Bertz CT molecular complexity index is 764. The van der Waals surface area contributed by atoms with Gasteiger partial charge < -0.3 is 10.6 Å². The van der Waals surface area contributed by atoms with Gasteiger partial charge in [-0.2, -0.15) is 13.2 Å². The summed E-state index contributed by atoms with van der Waals surface area (Å²) in [7, 11) is -1.41. The summed E-state index contributed by atoms with van der Waals surface area (Å²) in [4.78, 5) is 6.27. The number of guanidine groups is 1. The molecule has 1 atom stereocenters. The molecular weight excluding hydrogens is 393 g/mol. The van der Waals surface area contributed by atoms with Gasteiger partial charge in [0.15, 0.2) is 15.8 Å².